The van der Waals surface area contributed by atoms with Crippen molar-refractivity contribution < 1.29 is 9.84 Å². The average molecular weight is 273 g/mol. The van der Waals surface area contributed by atoms with Crippen LogP contribution in [0, 0.1) is 0 Å². The molecule has 0 radical (unpaired) electrons. The third kappa shape index (κ3) is 1.94. The Labute approximate surface area is 114 Å². The molecule has 0 saturated carbocycles. The number of aromatic nitrogens is 3. The normalized spacial score (nSPS) is 11.3. The molecular weight excluding hydrogens is 258 g/mol. The summed E-state index contributed by atoms with van der Waals surface area (Å²) in [6.45, 7) is 0.505. The lowest BCUT2D eigenvalue weighted by Gasteiger charge is -2.02. The molecule has 1 aromatic carbocycles. The van der Waals surface area contributed by atoms with Crippen LogP contribution in [0.4, 0.5) is 0 Å². The summed E-state index contributed by atoms with van der Waals surface area (Å²) in [7, 11) is 1.60. The van der Waals surface area contributed by atoms with Gasteiger partial charge in [0.1, 0.15) is 16.8 Å². The monoisotopic (exact) mass is 273 g/mol. The van der Waals surface area contributed by atoms with E-state index >= 15 is 0 Å². The van der Waals surface area contributed by atoms with Crippen LogP contribution in [0.25, 0.3) is 21.9 Å². The number of fused-ring (bicyclic) bond motifs is 3. The highest BCUT2D eigenvalue weighted by Gasteiger charge is 2.11. The highest BCUT2D eigenvalue weighted by molar-refractivity contribution is 6.04. The first-order valence-corrected chi connectivity index (χ1v) is 6.40. The van der Waals surface area contributed by atoms with Gasteiger partial charge in [-0.25, -0.2) is 4.98 Å². The summed E-state index contributed by atoms with van der Waals surface area (Å²) in [6, 6.07) is 5.57. The van der Waals surface area contributed by atoms with Crippen LogP contribution in [0.2, 0.25) is 0 Å². The summed E-state index contributed by atoms with van der Waals surface area (Å²) >= 11 is 0. The molecule has 0 spiro atoms. The maximum Gasteiger partial charge on any atom is 0.277 e. The topological polar surface area (TPSA) is 80.1 Å². The van der Waals surface area contributed by atoms with Gasteiger partial charge >= 0.3 is 0 Å². The number of hydrogen-bond donors (Lipinski definition) is 2. The number of hydrogen-bond acceptors (Lipinski definition) is 4. The average Bonchev–Trinajstić information content (AvgIpc) is 2.85. The van der Waals surface area contributed by atoms with Gasteiger partial charge in [-0.15, -0.1) is 0 Å². The second kappa shape index (κ2) is 4.97. The lowest BCUT2D eigenvalue weighted by molar-refractivity contribution is 0.279. The predicted molar refractivity (Wildman–Crippen MR) is 76.1 cm³/mol. The molecule has 0 aliphatic carbocycles. The Kier molecular flexibility index (Phi) is 3.15. The number of H-pyrrole nitrogens is 1. The van der Waals surface area contributed by atoms with Crippen molar-refractivity contribution >= 4 is 21.9 Å². The summed E-state index contributed by atoms with van der Waals surface area (Å²) in [4.78, 5) is 19.8. The third-order valence-corrected chi connectivity index (χ3v) is 3.34. The number of methoxy groups -OCH3 is 1. The SMILES string of the molecule is COc1ccc2c(c1)[nH]c1c(=O)n(CCCO)cnc12. The van der Waals surface area contributed by atoms with E-state index in [1.54, 1.807) is 7.11 Å². The van der Waals surface area contributed by atoms with Gasteiger partial charge in [0.15, 0.2) is 0 Å². The number of nitrogens with one attached hydrogen (secondary N) is 1. The maximum absolute atomic E-state index is 12.3. The van der Waals surface area contributed by atoms with Crippen molar-refractivity contribution in [1.82, 2.24) is 14.5 Å². The van der Waals surface area contributed by atoms with E-state index in [4.69, 9.17) is 9.84 Å². The Hall–Kier alpha value is -2.34. The van der Waals surface area contributed by atoms with Crippen LogP contribution >= 0.6 is 0 Å². The van der Waals surface area contributed by atoms with Crippen LogP contribution in [0.3, 0.4) is 0 Å². The van der Waals surface area contributed by atoms with E-state index in [9.17, 15) is 4.79 Å². The maximum atomic E-state index is 12.3. The Morgan fingerprint density at radius 1 is 1.45 bits per heavy atom. The number of aromatic amines is 1. The molecule has 3 aromatic rings. The van der Waals surface area contributed by atoms with Crippen LogP contribution < -0.4 is 10.3 Å². The molecule has 20 heavy (non-hydrogen) atoms. The zero-order chi connectivity index (χ0) is 14.1. The molecule has 6 nitrogen and oxygen atoms in total. The number of benzene rings is 1. The van der Waals surface area contributed by atoms with Crippen LogP contribution in [-0.4, -0.2) is 33.4 Å². The van der Waals surface area contributed by atoms with E-state index in [-0.39, 0.29) is 12.2 Å². The first-order valence-electron chi connectivity index (χ1n) is 6.40. The Morgan fingerprint density at radius 2 is 2.30 bits per heavy atom. The molecule has 104 valence electrons. The molecule has 2 heterocycles. The van der Waals surface area contributed by atoms with E-state index in [0.29, 0.717) is 24.0 Å². The fraction of sp³-hybridized carbons (Fsp3) is 0.286. The van der Waals surface area contributed by atoms with Crippen molar-refractivity contribution in [2.45, 2.75) is 13.0 Å². The second-order valence-corrected chi connectivity index (χ2v) is 4.58. The minimum absolute atomic E-state index is 0.0500. The minimum atomic E-state index is -0.126. The Bertz CT molecular complexity index is 819. The summed E-state index contributed by atoms with van der Waals surface area (Å²) < 4.78 is 6.68. The molecule has 2 aromatic heterocycles. The van der Waals surface area contributed by atoms with Crippen LogP contribution in [0.1, 0.15) is 6.42 Å². The molecule has 3 rings (SSSR count). The number of aryl methyl sites for hydroxylation is 1. The predicted octanol–water partition coefficient (Wildman–Crippen LogP) is 1.27. The van der Waals surface area contributed by atoms with Crippen molar-refractivity contribution in [1.29, 1.82) is 0 Å². The number of aliphatic hydroxyl groups is 1. The van der Waals surface area contributed by atoms with Crippen LogP contribution in [-0.2, 0) is 6.54 Å². The van der Waals surface area contributed by atoms with Crippen molar-refractivity contribution in [2.24, 2.45) is 0 Å². The van der Waals surface area contributed by atoms with Crippen molar-refractivity contribution in [3.8, 4) is 5.75 Å². The van der Waals surface area contributed by atoms with Crippen molar-refractivity contribution in [2.75, 3.05) is 13.7 Å². The van der Waals surface area contributed by atoms with E-state index in [0.717, 1.165) is 16.7 Å². The summed E-state index contributed by atoms with van der Waals surface area (Å²) in [5, 5.41) is 9.74. The fourth-order valence-corrected chi connectivity index (χ4v) is 2.30. The second-order valence-electron chi connectivity index (χ2n) is 4.58. The van der Waals surface area contributed by atoms with Crippen molar-refractivity contribution in [3.05, 3.63) is 34.9 Å². The molecular formula is C14H15N3O3. The van der Waals surface area contributed by atoms with Gasteiger partial charge in [0.2, 0.25) is 0 Å². The summed E-state index contributed by atoms with van der Waals surface area (Å²) in [5.74, 6) is 0.727. The quantitative estimate of drug-likeness (QED) is 0.750. The van der Waals surface area contributed by atoms with E-state index in [1.165, 1.54) is 10.9 Å². The zero-order valence-electron chi connectivity index (χ0n) is 11.1. The van der Waals surface area contributed by atoms with Gasteiger partial charge in [-0.2, -0.15) is 0 Å². The van der Waals surface area contributed by atoms with Gasteiger partial charge in [-0.3, -0.25) is 9.36 Å². The minimum Gasteiger partial charge on any atom is -0.497 e. The molecule has 0 bridgehead atoms. The number of aliphatic hydroxyl groups excluding tert-OH is 1. The Morgan fingerprint density at radius 3 is 3.05 bits per heavy atom. The molecule has 0 atom stereocenters. The van der Waals surface area contributed by atoms with Gasteiger partial charge in [0.25, 0.3) is 5.56 Å². The van der Waals surface area contributed by atoms with Crippen LogP contribution in [0.5, 0.6) is 5.75 Å². The molecule has 0 saturated heterocycles. The molecule has 0 unspecified atom stereocenters. The standard InChI is InChI=1S/C14H15N3O3/c1-20-9-3-4-10-11(7-9)16-13-12(10)15-8-17(14(13)19)5-2-6-18/h3-4,7-8,16,18H,2,5-6H2,1H3. The first-order chi connectivity index (χ1) is 9.74. The number of rotatable bonds is 4. The molecule has 0 aliphatic heterocycles. The molecule has 6 heteroatoms. The summed E-state index contributed by atoms with van der Waals surface area (Å²) in [5.41, 5.74) is 1.84. The zero-order valence-corrected chi connectivity index (χ0v) is 11.1. The Balaban J connectivity index is 2.22. The molecule has 0 amide bonds. The van der Waals surface area contributed by atoms with Gasteiger partial charge in [-0.05, 0) is 18.6 Å². The van der Waals surface area contributed by atoms with Gasteiger partial charge in [-0.1, -0.05) is 0 Å². The van der Waals surface area contributed by atoms with Gasteiger partial charge in [0.05, 0.1) is 19.0 Å². The summed E-state index contributed by atoms with van der Waals surface area (Å²) in [6.07, 6.45) is 2.05. The number of ether oxygens (including phenoxy) is 1. The van der Waals surface area contributed by atoms with Gasteiger partial charge in [0, 0.05) is 24.6 Å². The number of nitrogens with zero attached hydrogens (tertiary/aromatic N) is 2. The molecule has 0 aliphatic rings. The molecule has 2 N–H and O–H groups in total. The largest absolute Gasteiger partial charge is 0.497 e. The van der Waals surface area contributed by atoms with E-state index in [2.05, 4.69) is 9.97 Å². The van der Waals surface area contributed by atoms with E-state index < -0.39 is 0 Å². The first kappa shape index (κ1) is 12.7. The smallest absolute Gasteiger partial charge is 0.277 e. The van der Waals surface area contributed by atoms with Crippen molar-refractivity contribution in [3.63, 3.8) is 0 Å². The van der Waals surface area contributed by atoms with E-state index in [1.807, 2.05) is 18.2 Å². The third-order valence-electron chi connectivity index (χ3n) is 3.34. The lowest BCUT2D eigenvalue weighted by atomic mass is 10.2. The van der Waals surface area contributed by atoms with Gasteiger partial charge < -0.3 is 14.8 Å². The lowest BCUT2D eigenvalue weighted by Crippen LogP contribution is -2.21. The highest BCUT2D eigenvalue weighted by Crippen LogP contribution is 2.25. The highest BCUT2D eigenvalue weighted by atomic mass is 16.5. The fourth-order valence-electron chi connectivity index (χ4n) is 2.30. The van der Waals surface area contributed by atoms with Crippen LogP contribution in [0.15, 0.2) is 29.3 Å². The molecule has 0 fully saturated rings.